The Balaban J connectivity index is 0.000000251. The van der Waals surface area contributed by atoms with E-state index in [2.05, 4.69) is 22.9 Å². The third-order valence-electron chi connectivity index (χ3n) is 3.76. The molecule has 0 saturated carbocycles. The van der Waals surface area contributed by atoms with Gasteiger partial charge >= 0.3 is 0 Å². The van der Waals surface area contributed by atoms with Crippen molar-refractivity contribution in [2.75, 3.05) is 0 Å². The number of hydrogen-bond donors (Lipinski definition) is 0. The number of ketones is 3. The molecule has 2 rings (SSSR count). The van der Waals surface area contributed by atoms with Crippen molar-refractivity contribution in [2.24, 2.45) is 0 Å². The first-order chi connectivity index (χ1) is 11.8. The minimum atomic E-state index is -0.0687. The fourth-order valence-electron chi connectivity index (χ4n) is 2.41. The molecule has 0 atom stereocenters. The molecule has 0 N–H and O–H groups in total. The summed E-state index contributed by atoms with van der Waals surface area (Å²) in [6, 6.07) is 12.7. The minimum absolute atomic E-state index is 0.0687. The first-order valence-corrected chi connectivity index (χ1v) is 9.03. The molecular formula is C21H23BrO3. The van der Waals surface area contributed by atoms with E-state index in [0.717, 1.165) is 22.0 Å². The first kappa shape index (κ1) is 21.0. The fraction of sp³-hybridized carbons (Fsp3) is 0.286. The van der Waals surface area contributed by atoms with Crippen molar-refractivity contribution in [1.82, 2.24) is 0 Å². The van der Waals surface area contributed by atoms with Crippen LogP contribution < -0.4 is 0 Å². The SMILES string of the molecule is CC(=O)c1ccccc1C(C)=O.CCC(=O)c1ccc(Br)cc1CC. The fourth-order valence-corrected chi connectivity index (χ4v) is 2.82. The van der Waals surface area contributed by atoms with Crippen molar-refractivity contribution >= 4 is 33.3 Å². The molecule has 0 saturated heterocycles. The maximum Gasteiger partial charge on any atom is 0.162 e. The second-order valence-electron chi connectivity index (χ2n) is 5.59. The van der Waals surface area contributed by atoms with Crippen LogP contribution in [0.2, 0.25) is 0 Å². The number of carbonyl (C=O) groups excluding carboxylic acids is 3. The van der Waals surface area contributed by atoms with Crippen LogP contribution >= 0.6 is 15.9 Å². The van der Waals surface area contributed by atoms with Crippen LogP contribution in [-0.2, 0) is 6.42 Å². The van der Waals surface area contributed by atoms with E-state index < -0.39 is 0 Å². The van der Waals surface area contributed by atoms with E-state index in [-0.39, 0.29) is 17.3 Å². The highest BCUT2D eigenvalue weighted by atomic mass is 79.9. The van der Waals surface area contributed by atoms with Crippen molar-refractivity contribution in [3.63, 3.8) is 0 Å². The van der Waals surface area contributed by atoms with Gasteiger partial charge in [-0.05, 0) is 38.0 Å². The average Bonchev–Trinajstić information content (AvgIpc) is 2.61. The van der Waals surface area contributed by atoms with Crippen molar-refractivity contribution in [2.45, 2.75) is 40.5 Å². The maximum absolute atomic E-state index is 11.5. The molecule has 2 aromatic carbocycles. The van der Waals surface area contributed by atoms with E-state index in [4.69, 9.17) is 0 Å². The summed E-state index contributed by atoms with van der Waals surface area (Å²) < 4.78 is 1.04. The van der Waals surface area contributed by atoms with E-state index in [9.17, 15) is 14.4 Å². The molecule has 0 radical (unpaired) electrons. The van der Waals surface area contributed by atoms with Gasteiger partial charge in [0.05, 0.1) is 0 Å². The molecule has 3 nitrogen and oxygen atoms in total. The van der Waals surface area contributed by atoms with E-state index in [1.807, 2.05) is 25.1 Å². The second kappa shape index (κ2) is 10.0. The molecular weight excluding hydrogens is 380 g/mol. The quantitative estimate of drug-likeness (QED) is 0.602. The van der Waals surface area contributed by atoms with Crippen LogP contribution in [-0.4, -0.2) is 17.3 Å². The molecule has 0 amide bonds. The highest BCUT2D eigenvalue weighted by Gasteiger charge is 2.09. The number of benzene rings is 2. The van der Waals surface area contributed by atoms with Crippen molar-refractivity contribution in [1.29, 1.82) is 0 Å². The van der Waals surface area contributed by atoms with Gasteiger partial charge in [0.15, 0.2) is 17.3 Å². The molecule has 25 heavy (non-hydrogen) atoms. The van der Waals surface area contributed by atoms with Gasteiger partial charge in [0, 0.05) is 27.6 Å². The summed E-state index contributed by atoms with van der Waals surface area (Å²) in [7, 11) is 0. The summed E-state index contributed by atoms with van der Waals surface area (Å²) in [6.07, 6.45) is 1.48. The van der Waals surface area contributed by atoms with Gasteiger partial charge in [-0.15, -0.1) is 0 Å². The Bertz CT molecular complexity index is 745. The van der Waals surface area contributed by atoms with Crippen molar-refractivity contribution < 1.29 is 14.4 Å². The van der Waals surface area contributed by atoms with Crippen LogP contribution in [0.1, 0.15) is 70.8 Å². The predicted octanol–water partition coefficient (Wildman–Crippen LogP) is 5.70. The summed E-state index contributed by atoms with van der Waals surface area (Å²) in [6.45, 7) is 6.88. The Labute approximate surface area is 157 Å². The van der Waals surface area contributed by atoms with E-state index >= 15 is 0 Å². The second-order valence-corrected chi connectivity index (χ2v) is 6.51. The van der Waals surface area contributed by atoms with Crippen LogP contribution in [0.15, 0.2) is 46.9 Å². The lowest BCUT2D eigenvalue weighted by atomic mass is 10.0. The Morgan fingerprint density at radius 2 is 1.36 bits per heavy atom. The number of rotatable bonds is 5. The monoisotopic (exact) mass is 402 g/mol. The lowest BCUT2D eigenvalue weighted by molar-refractivity contribution is 0.0981. The van der Waals surface area contributed by atoms with E-state index in [1.165, 1.54) is 13.8 Å². The van der Waals surface area contributed by atoms with Crippen molar-refractivity contribution in [3.8, 4) is 0 Å². The first-order valence-electron chi connectivity index (χ1n) is 8.24. The normalized spacial score (nSPS) is 9.80. The number of hydrogen-bond acceptors (Lipinski definition) is 3. The molecule has 0 aliphatic rings. The standard InChI is InChI=1S/C11H13BrO.C10H10O2/c1-3-8-7-9(12)5-6-10(8)11(13)4-2;1-7(11)9-5-3-4-6-10(9)8(2)12/h5-7H,3-4H2,1-2H3;3-6H,1-2H3. The maximum atomic E-state index is 11.5. The molecule has 132 valence electrons. The van der Waals surface area contributed by atoms with Crippen LogP contribution in [0, 0.1) is 0 Å². The molecule has 4 heteroatoms. The smallest absolute Gasteiger partial charge is 0.162 e. The minimum Gasteiger partial charge on any atom is -0.294 e. The third kappa shape index (κ3) is 6.05. The molecule has 2 aromatic rings. The largest absolute Gasteiger partial charge is 0.294 e. The molecule has 0 bridgehead atoms. The number of aryl methyl sites for hydroxylation is 1. The Morgan fingerprint density at radius 1 is 0.840 bits per heavy atom. The summed E-state index contributed by atoms with van der Waals surface area (Å²) >= 11 is 3.40. The van der Waals surface area contributed by atoms with Crippen LogP contribution in [0.25, 0.3) is 0 Å². The number of carbonyl (C=O) groups is 3. The van der Waals surface area contributed by atoms with Gasteiger partial charge in [-0.2, -0.15) is 0 Å². The zero-order chi connectivity index (χ0) is 19.0. The summed E-state index contributed by atoms with van der Waals surface area (Å²) in [4.78, 5) is 33.5. The lowest BCUT2D eigenvalue weighted by Crippen LogP contribution is -2.02. The molecule has 0 unspecified atom stereocenters. The van der Waals surface area contributed by atoms with E-state index in [1.54, 1.807) is 24.3 Å². The predicted molar refractivity (Wildman–Crippen MR) is 105 cm³/mol. The van der Waals surface area contributed by atoms with Gasteiger partial charge in [0.2, 0.25) is 0 Å². The van der Waals surface area contributed by atoms with Gasteiger partial charge in [-0.3, -0.25) is 14.4 Å². The van der Waals surface area contributed by atoms with Crippen LogP contribution in [0.5, 0.6) is 0 Å². The van der Waals surface area contributed by atoms with Gasteiger partial charge in [0.1, 0.15) is 0 Å². The highest BCUT2D eigenvalue weighted by molar-refractivity contribution is 9.10. The Hall–Kier alpha value is -2.07. The lowest BCUT2D eigenvalue weighted by Gasteiger charge is -2.05. The number of Topliss-reactive ketones (excluding diaryl/α,β-unsaturated/α-hetero) is 3. The number of halogens is 1. The third-order valence-corrected chi connectivity index (χ3v) is 4.25. The Morgan fingerprint density at radius 3 is 1.76 bits per heavy atom. The highest BCUT2D eigenvalue weighted by Crippen LogP contribution is 2.18. The molecule has 0 fully saturated rings. The topological polar surface area (TPSA) is 51.2 Å². The molecule has 0 heterocycles. The van der Waals surface area contributed by atoms with Gasteiger partial charge < -0.3 is 0 Å². The molecule has 0 aliphatic carbocycles. The molecule has 0 spiro atoms. The zero-order valence-electron chi connectivity index (χ0n) is 15.1. The Kier molecular flexibility index (Phi) is 8.42. The van der Waals surface area contributed by atoms with Gasteiger partial charge in [0.25, 0.3) is 0 Å². The van der Waals surface area contributed by atoms with Crippen molar-refractivity contribution in [3.05, 3.63) is 69.2 Å². The van der Waals surface area contributed by atoms with E-state index in [0.29, 0.717) is 17.5 Å². The zero-order valence-corrected chi connectivity index (χ0v) is 16.6. The summed E-state index contributed by atoms with van der Waals surface area (Å²) in [5.74, 6) is 0.0888. The van der Waals surface area contributed by atoms with Gasteiger partial charge in [-0.1, -0.05) is 60.1 Å². The van der Waals surface area contributed by atoms with Crippen LogP contribution in [0.3, 0.4) is 0 Å². The summed E-state index contributed by atoms with van der Waals surface area (Å²) in [5.41, 5.74) is 3.00. The average molecular weight is 403 g/mol. The molecule has 0 aliphatic heterocycles. The molecule has 0 aromatic heterocycles. The van der Waals surface area contributed by atoms with Crippen LogP contribution in [0.4, 0.5) is 0 Å². The van der Waals surface area contributed by atoms with Gasteiger partial charge in [-0.25, -0.2) is 0 Å². The summed E-state index contributed by atoms with van der Waals surface area (Å²) in [5, 5.41) is 0.